The van der Waals surface area contributed by atoms with Crippen LogP contribution in [0.1, 0.15) is 5.56 Å². The van der Waals surface area contributed by atoms with Gasteiger partial charge in [-0.2, -0.15) is 5.26 Å². The van der Waals surface area contributed by atoms with Crippen LogP contribution in [0.25, 0.3) is 96.6 Å². The van der Waals surface area contributed by atoms with Gasteiger partial charge in [-0.15, -0.1) is 11.3 Å². The number of benzene rings is 9. The van der Waals surface area contributed by atoms with Crippen molar-refractivity contribution in [2.75, 3.05) is 0 Å². The van der Waals surface area contributed by atoms with E-state index in [-0.39, 0.29) is 0 Å². The highest BCUT2D eigenvalue weighted by molar-refractivity contribution is 7.26. The number of hydrogen-bond donors (Lipinski definition) is 0. The van der Waals surface area contributed by atoms with E-state index >= 15 is 0 Å². The summed E-state index contributed by atoms with van der Waals surface area (Å²) in [6.45, 7) is 0. The minimum absolute atomic E-state index is 0.734. The minimum Gasteiger partial charge on any atom is -0.192 e. The summed E-state index contributed by atoms with van der Waals surface area (Å²) in [5, 5.41) is 22.1. The van der Waals surface area contributed by atoms with Crippen molar-refractivity contribution in [2.24, 2.45) is 0 Å². The molecule has 0 spiro atoms. The van der Waals surface area contributed by atoms with Crippen LogP contribution in [-0.2, 0) is 0 Å². The number of hydrogen-bond acceptors (Lipinski definition) is 2. The molecule has 0 unspecified atom stereocenters. The number of nitriles is 1. The molecular formula is C47H27NS. The van der Waals surface area contributed by atoms with E-state index in [1.54, 1.807) is 0 Å². The van der Waals surface area contributed by atoms with Gasteiger partial charge < -0.3 is 0 Å². The number of nitrogens with zero attached hydrogens (tertiary/aromatic N) is 1. The van der Waals surface area contributed by atoms with Crippen LogP contribution in [0.15, 0.2) is 164 Å². The molecular weight excluding hydrogens is 611 g/mol. The average Bonchev–Trinajstić information content (AvgIpc) is 3.56. The summed E-state index contributed by atoms with van der Waals surface area (Å²) in [4.78, 5) is 0. The fraction of sp³-hybridized carbons (Fsp3) is 0. The predicted molar refractivity (Wildman–Crippen MR) is 210 cm³/mol. The lowest BCUT2D eigenvalue weighted by atomic mass is 9.85. The molecule has 0 aliphatic heterocycles. The number of fused-ring (bicyclic) bond motifs is 7. The first kappa shape index (κ1) is 27.8. The molecule has 1 aromatic heterocycles. The van der Waals surface area contributed by atoms with E-state index in [9.17, 15) is 5.26 Å². The molecule has 9 aromatic carbocycles. The summed E-state index contributed by atoms with van der Waals surface area (Å²) in [5.41, 5.74) is 8.16. The van der Waals surface area contributed by atoms with Crippen LogP contribution in [0.2, 0.25) is 0 Å². The van der Waals surface area contributed by atoms with Crippen LogP contribution < -0.4 is 0 Å². The van der Waals surface area contributed by atoms with Crippen LogP contribution in [0.3, 0.4) is 0 Å². The summed E-state index contributed by atoms with van der Waals surface area (Å²) >= 11 is 1.88. The molecule has 10 rings (SSSR count). The maximum atomic E-state index is 10.3. The van der Waals surface area contributed by atoms with Gasteiger partial charge in [-0.25, -0.2) is 0 Å². The van der Waals surface area contributed by atoms with Gasteiger partial charge in [0.2, 0.25) is 0 Å². The van der Waals surface area contributed by atoms with Crippen LogP contribution in [0.5, 0.6) is 0 Å². The normalized spacial score (nSPS) is 11.7. The molecule has 0 bridgehead atoms. The van der Waals surface area contributed by atoms with E-state index in [1.807, 2.05) is 23.5 Å². The molecule has 0 atom stereocenters. The molecule has 10 aromatic rings. The van der Waals surface area contributed by atoms with E-state index in [0.29, 0.717) is 0 Å². The van der Waals surface area contributed by atoms with E-state index in [0.717, 1.165) is 27.1 Å². The fourth-order valence-corrected chi connectivity index (χ4v) is 9.38. The third kappa shape index (κ3) is 4.04. The molecule has 0 aliphatic carbocycles. The Morgan fingerprint density at radius 3 is 1.37 bits per heavy atom. The van der Waals surface area contributed by atoms with Gasteiger partial charge in [0.1, 0.15) is 6.07 Å². The van der Waals surface area contributed by atoms with Crippen LogP contribution >= 0.6 is 11.3 Å². The molecule has 0 N–H and O–H groups in total. The predicted octanol–water partition coefficient (Wildman–Crippen LogP) is 13.5. The standard InChI is InChI=1S/C47H27NS/c48-28-41-30-16-4-6-18-32(30)44(33-19-7-5-17-31(33)41)38-24-13-27-42-46(38)40-26-12-25-39(47(40)49-42)45-36-22-10-8-20-34(36)43(29-14-2-1-3-15-29)35-21-9-11-23-37(35)45/h1-27H. The number of thiophene rings is 1. The highest BCUT2D eigenvalue weighted by Gasteiger charge is 2.22. The van der Waals surface area contributed by atoms with E-state index in [1.165, 1.54) is 75.1 Å². The first-order chi connectivity index (χ1) is 24.3. The molecule has 49 heavy (non-hydrogen) atoms. The van der Waals surface area contributed by atoms with Crippen molar-refractivity contribution >= 4 is 74.6 Å². The Balaban J connectivity index is 1.33. The van der Waals surface area contributed by atoms with Gasteiger partial charge in [0.15, 0.2) is 0 Å². The fourth-order valence-electron chi connectivity index (χ4n) is 8.13. The van der Waals surface area contributed by atoms with Crippen molar-refractivity contribution < 1.29 is 0 Å². The lowest BCUT2D eigenvalue weighted by Gasteiger charge is -2.18. The second-order valence-corrected chi connectivity index (χ2v) is 13.7. The molecule has 1 nitrogen and oxygen atoms in total. The molecule has 2 heteroatoms. The van der Waals surface area contributed by atoms with Gasteiger partial charge in [0.25, 0.3) is 0 Å². The Bertz CT molecular complexity index is 2880. The monoisotopic (exact) mass is 637 g/mol. The summed E-state index contributed by atoms with van der Waals surface area (Å²) in [6.07, 6.45) is 0. The smallest absolute Gasteiger partial charge is 0.100 e. The van der Waals surface area contributed by atoms with Crippen molar-refractivity contribution in [3.05, 3.63) is 169 Å². The van der Waals surface area contributed by atoms with Gasteiger partial charge in [-0.05, 0) is 66.2 Å². The second-order valence-electron chi connectivity index (χ2n) is 12.6. The molecule has 0 saturated heterocycles. The Morgan fingerprint density at radius 2 is 0.796 bits per heavy atom. The quantitative estimate of drug-likeness (QED) is 0.177. The third-order valence-electron chi connectivity index (χ3n) is 10.1. The lowest BCUT2D eigenvalue weighted by molar-refractivity contribution is 1.52. The van der Waals surface area contributed by atoms with Gasteiger partial charge in [0, 0.05) is 36.5 Å². The minimum atomic E-state index is 0.734. The van der Waals surface area contributed by atoms with E-state index in [2.05, 4.69) is 158 Å². The average molecular weight is 638 g/mol. The summed E-state index contributed by atoms with van der Waals surface area (Å²) in [7, 11) is 0. The Labute approximate surface area is 287 Å². The third-order valence-corrected chi connectivity index (χ3v) is 11.3. The maximum absolute atomic E-state index is 10.3. The van der Waals surface area contributed by atoms with Crippen LogP contribution in [0, 0.1) is 11.3 Å². The molecule has 0 radical (unpaired) electrons. The zero-order chi connectivity index (χ0) is 32.5. The Hall–Kier alpha value is -6.27. The Morgan fingerprint density at radius 1 is 0.367 bits per heavy atom. The maximum Gasteiger partial charge on any atom is 0.100 e. The van der Waals surface area contributed by atoms with Crippen molar-refractivity contribution in [2.45, 2.75) is 0 Å². The highest BCUT2D eigenvalue weighted by atomic mass is 32.1. The zero-order valence-electron chi connectivity index (χ0n) is 26.4. The van der Waals surface area contributed by atoms with Crippen LogP contribution in [0.4, 0.5) is 0 Å². The molecule has 0 fully saturated rings. The zero-order valence-corrected chi connectivity index (χ0v) is 27.3. The van der Waals surface area contributed by atoms with Crippen molar-refractivity contribution in [3.8, 4) is 39.4 Å². The van der Waals surface area contributed by atoms with E-state index < -0.39 is 0 Å². The summed E-state index contributed by atoms with van der Waals surface area (Å²) < 4.78 is 2.54. The van der Waals surface area contributed by atoms with Gasteiger partial charge >= 0.3 is 0 Å². The Kier molecular flexibility index (Phi) is 6.18. The SMILES string of the molecule is N#Cc1c2ccccc2c(-c2cccc3sc4c(-c5c6ccccc6c(-c6ccccc6)c6ccccc56)cccc4c23)c2ccccc12. The van der Waals surface area contributed by atoms with Crippen molar-refractivity contribution in [1.29, 1.82) is 5.26 Å². The van der Waals surface area contributed by atoms with E-state index in [4.69, 9.17) is 0 Å². The molecule has 0 saturated carbocycles. The lowest BCUT2D eigenvalue weighted by Crippen LogP contribution is -1.91. The molecule has 0 aliphatic rings. The van der Waals surface area contributed by atoms with Gasteiger partial charge in [0.05, 0.1) is 5.56 Å². The molecule has 1 heterocycles. The second kappa shape index (κ2) is 10.9. The van der Waals surface area contributed by atoms with Gasteiger partial charge in [-0.3, -0.25) is 0 Å². The topological polar surface area (TPSA) is 23.8 Å². The van der Waals surface area contributed by atoms with Crippen LogP contribution in [-0.4, -0.2) is 0 Å². The molecule has 0 amide bonds. The first-order valence-electron chi connectivity index (χ1n) is 16.6. The number of rotatable bonds is 3. The first-order valence-corrected chi connectivity index (χ1v) is 17.4. The highest BCUT2D eigenvalue weighted by Crippen LogP contribution is 2.50. The van der Waals surface area contributed by atoms with Crippen molar-refractivity contribution in [1.82, 2.24) is 0 Å². The summed E-state index contributed by atoms with van der Waals surface area (Å²) in [5.74, 6) is 0. The largest absolute Gasteiger partial charge is 0.192 e. The molecule has 226 valence electrons. The van der Waals surface area contributed by atoms with Gasteiger partial charge in [-0.1, -0.05) is 158 Å². The van der Waals surface area contributed by atoms with Crippen molar-refractivity contribution in [3.63, 3.8) is 0 Å². The summed E-state index contributed by atoms with van der Waals surface area (Å²) in [6, 6.07) is 61.4.